The number of oxime groups is 1. The minimum atomic E-state index is -0.853. The lowest BCUT2D eigenvalue weighted by Crippen LogP contribution is -2.16. The maximum absolute atomic E-state index is 10.9. The molecule has 25 heavy (non-hydrogen) atoms. The van der Waals surface area contributed by atoms with Crippen molar-refractivity contribution in [2.75, 3.05) is 0 Å². The van der Waals surface area contributed by atoms with E-state index in [1.165, 1.54) is 0 Å². The first-order valence-corrected chi connectivity index (χ1v) is 8.09. The standard InChI is InChI=1S/C18H20ClN3O3/c1-11-5-4-6-15(21-11)10-24-22-12(2)14-7-8-17(19)16(9-14)13(3)25-18(20)23/h4-9,13H,10H2,1-3H3,(H2,20,23)/b22-12+. The summed E-state index contributed by atoms with van der Waals surface area (Å²) >= 11 is 6.17. The zero-order chi connectivity index (χ0) is 18.4. The van der Waals surface area contributed by atoms with E-state index in [-0.39, 0.29) is 6.61 Å². The lowest BCUT2D eigenvalue weighted by atomic mass is 10.0. The monoisotopic (exact) mass is 361 g/mol. The highest BCUT2D eigenvalue weighted by atomic mass is 35.5. The van der Waals surface area contributed by atoms with Gasteiger partial charge < -0.3 is 15.3 Å². The van der Waals surface area contributed by atoms with Crippen LogP contribution in [0.4, 0.5) is 4.79 Å². The third-order valence-corrected chi connectivity index (χ3v) is 3.85. The number of amides is 1. The van der Waals surface area contributed by atoms with E-state index in [0.717, 1.165) is 17.0 Å². The first kappa shape index (κ1) is 18.7. The van der Waals surface area contributed by atoms with Crippen molar-refractivity contribution in [1.29, 1.82) is 0 Å². The van der Waals surface area contributed by atoms with Crippen molar-refractivity contribution in [3.05, 3.63) is 63.9 Å². The number of nitrogens with zero attached hydrogens (tertiary/aromatic N) is 2. The molecule has 132 valence electrons. The maximum atomic E-state index is 10.9. The molecule has 1 aromatic heterocycles. The molecule has 0 aliphatic carbocycles. The van der Waals surface area contributed by atoms with Crippen LogP contribution < -0.4 is 5.73 Å². The van der Waals surface area contributed by atoms with Crippen LogP contribution in [0.25, 0.3) is 0 Å². The molecule has 0 bridgehead atoms. The molecular formula is C18H20ClN3O3. The number of hydrogen-bond acceptors (Lipinski definition) is 5. The Bertz CT molecular complexity index is 793. The Morgan fingerprint density at radius 3 is 2.80 bits per heavy atom. The van der Waals surface area contributed by atoms with Crippen LogP contribution in [0, 0.1) is 6.92 Å². The van der Waals surface area contributed by atoms with Crippen LogP contribution in [-0.2, 0) is 16.2 Å². The predicted octanol–water partition coefficient (Wildman–Crippen LogP) is 4.14. The largest absolute Gasteiger partial charge is 0.442 e. The van der Waals surface area contributed by atoms with E-state index in [4.69, 9.17) is 26.9 Å². The molecule has 6 nitrogen and oxygen atoms in total. The topological polar surface area (TPSA) is 86.8 Å². The van der Waals surface area contributed by atoms with E-state index in [1.807, 2.05) is 38.1 Å². The Balaban J connectivity index is 2.10. The van der Waals surface area contributed by atoms with Crippen LogP contribution in [0.5, 0.6) is 0 Å². The van der Waals surface area contributed by atoms with E-state index < -0.39 is 12.2 Å². The number of aryl methyl sites for hydroxylation is 1. The summed E-state index contributed by atoms with van der Waals surface area (Å²) < 4.78 is 4.98. The fourth-order valence-corrected chi connectivity index (χ4v) is 2.52. The van der Waals surface area contributed by atoms with E-state index in [9.17, 15) is 4.79 Å². The fraction of sp³-hybridized carbons (Fsp3) is 0.278. The summed E-state index contributed by atoms with van der Waals surface area (Å²) in [7, 11) is 0. The number of hydrogen-bond donors (Lipinski definition) is 1. The van der Waals surface area contributed by atoms with Gasteiger partial charge in [-0.3, -0.25) is 4.98 Å². The van der Waals surface area contributed by atoms with E-state index >= 15 is 0 Å². The van der Waals surface area contributed by atoms with Gasteiger partial charge in [0, 0.05) is 16.3 Å². The molecule has 0 saturated heterocycles. The van der Waals surface area contributed by atoms with Gasteiger partial charge in [0.25, 0.3) is 0 Å². The molecule has 7 heteroatoms. The molecule has 1 aromatic carbocycles. The van der Waals surface area contributed by atoms with Crippen molar-refractivity contribution in [2.45, 2.75) is 33.5 Å². The molecule has 2 aromatic rings. The number of aromatic nitrogens is 1. The summed E-state index contributed by atoms with van der Waals surface area (Å²) in [6, 6.07) is 11.0. The average molecular weight is 362 g/mol. The van der Waals surface area contributed by atoms with Gasteiger partial charge in [0.05, 0.1) is 11.4 Å². The van der Waals surface area contributed by atoms with Crippen LogP contribution in [0.3, 0.4) is 0 Å². The zero-order valence-electron chi connectivity index (χ0n) is 14.3. The number of primary amides is 1. The van der Waals surface area contributed by atoms with Gasteiger partial charge in [-0.1, -0.05) is 28.9 Å². The van der Waals surface area contributed by atoms with Crippen molar-refractivity contribution in [3.8, 4) is 0 Å². The van der Waals surface area contributed by atoms with Crippen LogP contribution in [-0.4, -0.2) is 16.8 Å². The van der Waals surface area contributed by atoms with E-state index in [1.54, 1.807) is 19.1 Å². The third kappa shape index (κ3) is 5.46. The van der Waals surface area contributed by atoms with Gasteiger partial charge in [-0.25, -0.2) is 4.79 Å². The van der Waals surface area contributed by atoms with Gasteiger partial charge >= 0.3 is 6.09 Å². The minimum Gasteiger partial charge on any atom is -0.442 e. The Morgan fingerprint density at radius 1 is 1.36 bits per heavy atom. The van der Waals surface area contributed by atoms with Crippen molar-refractivity contribution in [2.24, 2.45) is 10.9 Å². The van der Waals surface area contributed by atoms with Crippen molar-refractivity contribution >= 4 is 23.4 Å². The fourth-order valence-electron chi connectivity index (χ4n) is 2.25. The van der Waals surface area contributed by atoms with Crippen molar-refractivity contribution in [3.63, 3.8) is 0 Å². The second-order valence-corrected chi connectivity index (χ2v) is 5.94. The van der Waals surface area contributed by atoms with Crippen LogP contribution in [0.15, 0.2) is 41.6 Å². The third-order valence-electron chi connectivity index (χ3n) is 3.50. The summed E-state index contributed by atoms with van der Waals surface area (Å²) in [6.45, 7) is 5.71. The van der Waals surface area contributed by atoms with Crippen LogP contribution in [0.2, 0.25) is 5.02 Å². The Kier molecular flexibility index (Phi) is 6.36. The average Bonchev–Trinajstić information content (AvgIpc) is 2.54. The molecule has 0 aliphatic heterocycles. The minimum absolute atomic E-state index is 0.278. The lowest BCUT2D eigenvalue weighted by Gasteiger charge is -2.14. The molecule has 1 amide bonds. The molecule has 1 heterocycles. The van der Waals surface area contributed by atoms with Gasteiger partial charge in [0.15, 0.2) is 6.61 Å². The predicted molar refractivity (Wildman–Crippen MR) is 96.5 cm³/mol. The Hall–Kier alpha value is -2.60. The normalized spacial score (nSPS) is 12.6. The highest BCUT2D eigenvalue weighted by molar-refractivity contribution is 6.31. The SMILES string of the molecule is C/C(=N\OCc1cccc(C)n1)c1ccc(Cl)c(C(C)OC(N)=O)c1. The first-order chi connectivity index (χ1) is 11.9. The lowest BCUT2D eigenvalue weighted by molar-refractivity contribution is 0.116. The summed E-state index contributed by atoms with van der Waals surface area (Å²) in [6.07, 6.45) is -1.41. The number of carbonyl (C=O) groups is 1. The van der Waals surface area contributed by atoms with Gasteiger partial charge in [-0.05, 0) is 50.6 Å². The molecule has 0 radical (unpaired) electrons. The quantitative estimate of drug-likeness (QED) is 0.618. The molecular weight excluding hydrogens is 342 g/mol. The number of carbonyl (C=O) groups excluding carboxylic acids is 1. The molecule has 2 N–H and O–H groups in total. The zero-order valence-corrected chi connectivity index (χ0v) is 15.1. The van der Waals surface area contributed by atoms with Gasteiger partial charge in [0.1, 0.15) is 6.10 Å². The first-order valence-electron chi connectivity index (χ1n) is 7.72. The number of rotatable bonds is 6. The summed E-state index contributed by atoms with van der Waals surface area (Å²) in [4.78, 5) is 20.6. The van der Waals surface area contributed by atoms with Gasteiger partial charge in [-0.2, -0.15) is 0 Å². The second-order valence-electron chi connectivity index (χ2n) is 5.54. The Morgan fingerprint density at radius 2 is 2.12 bits per heavy atom. The maximum Gasteiger partial charge on any atom is 0.405 e. The number of benzene rings is 1. The number of halogens is 1. The smallest absolute Gasteiger partial charge is 0.405 e. The highest BCUT2D eigenvalue weighted by Gasteiger charge is 2.14. The van der Waals surface area contributed by atoms with E-state index in [2.05, 4.69) is 10.1 Å². The number of nitrogens with two attached hydrogens (primary N) is 1. The van der Waals surface area contributed by atoms with Crippen LogP contribution in [0.1, 0.15) is 42.5 Å². The molecule has 0 fully saturated rings. The molecule has 1 atom stereocenters. The molecule has 1 unspecified atom stereocenters. The second kappa shape index (κ2) is 8.48. The summed E-state index contributed by atoms with van der Waals surface area (Å²) in [5, 5.41) is 4.59. The highest BCUT2D eigenvalue weighted by Crippen LogP contribution is 2.26. The summed E-state index contributed by atoms with van der Waals surface area (Å²) in [5.41, 5.74) is 8.89. The van der Waals surface area contributed by atoms with Crippen molar-refractivity contribution < 1.29 is 14.4 Å². The van der Waals surface area contributed by atoms with Crippen molar-refractivity contribution in [1.82, 2.24) is 4.98 Å². The van der Waals surface area contributed by atoms with Gasteiger partial charge in [-0.15, -0.1) is 0 Å². The van der Waals surface area contributed by atoms with Gasteiger partial charge in [0.2, 0.25) is 0 Å². The Labute approximate surface area is 151 Å². The molecule has 0 spiro atoms. The number of ether oxygens (including phenoxy) is 1. The van der Waals surface area contributed by atoms with E-state index in [0.29, 0.717) is 16.3 Å². The number of pyridine rings is 1. The molecule has 0 aliphatic rings. The summed E-state index contributed by atoms with van der Waals surface area (Å²) in [5.74, 6) is 0. The molecule has 0 saturated carbocycles. The van der Waals surface area contributed by atoms with Crippen LogP contribution >= 0.6 is 11.6 Å². The molecule has 2 rings (SSSR count).